The van der Waals surface area contributed by atoms with E-state index in [9.17, 15) is 0 Å². The highest BCUT2D eigenvalue weighted by Gasteiger charge is 2.41. The van der Waals surface area contributed by atoms with Crippen molar-refractivity contribution in [2.24, 2.45) is 5.92 Å². The van der Waals surface area contributed by atoms with E-state index in [1.165, 1.54) is 35.7 Å². The molecule has 2 unspecified atom stereocenters. The molecule has 1 saturated carbocycles. The summed E-state index contributed by atoms with van der Waals surface area (Å²) >= 11 is 3.52. The van der Waals surface area contributed by atoms with E-state index in [1.54, 1.807) is 5.57 Å². The molecule has 0 aliphatic heterocycles. The fourth-order valence-electron chi connectivity index (χ4n) is 3.56. The number of benzene rings is 1. The topological polar surface area (TPSA) is 0 Å². The molecule has 2 aliphatic carbocycles. The molecule has 0 heterocycles. The summed E-state index contributed by atoms with van der Waals surface area (Å²) in [5, 5.41) is 0. The van der Waals surface area contributed by atoms with Gasteiger partial charge in [0, 0.05) is 9.89 Å². The van der Waals surface area contributed by atoms with Gasteiger partial charge in [-0.05, 0) is 49.3 Å². The van der Waals surface area contributed by atoms with E-state index < -0.39 is 0 Å². The summed E-state index contributed by atoms with van der Waals surface area (Å²) in [5.74, 6) is 0.853. The Morgan fingerprint density at radius 1 is 1.25 bits per heavy atom. The van der Waals surface area contributed by atoms with Crippen molar-refractivity contribution in [1.29, 1.82) is 0 Å². The Bertz CT molecular complexity index is 429. The molecule has 84 valence electrons. The van der Waals surface area contributed by atoms with Gasteiger partial charge in [-0.25, -0.2) is 0 Å². The van der Waals surface area contributed by atoms with Gasteiger partial charge in [0.15, 0.2) is 0 Å². The van der Waals surface area contributed by atoms with Crippen LogP contribution >= 0.6 is 15.9 Å². The van der Waals surface area contributed by atoms with Gasteiger partial charge in [-0.2, -0.15) is 0 Å². The van der Waals surface area contributed by atoms with Crippen LogP contribution in [0.5, 0.6) is 0 Å². The van der Waals surface area contributed by atoms with E-state index in [-0.39, 0.29) is 0 Å². The highest BCUT2D eigenvalue weighted by molar-refractivity contribution is 9.10. The lowest BCUT2D eigenvalue weighted by atomic mass is 9.67. The van der Waals surface area contributed by atoms with E-state index in [2.05, 4.69) is 53.2 Å². The Morgan fingerprint density at radius 3 is 2.75 bits per heavy atom. The smallest absolute Gasteiger partial charge is 0.0175 e. The van der Waals surface area contributed by atoms with Gasteiger partial charge in [-0.3, -0.25) is 0 Å². The largest absolute Gasteiger partial charge is 0.0844 e. The van der Waals surface area contributed by atoms with Gasteiger partial charge in [0.05, 0.1) is 0 Å². The molecular weight excluding hydrogens is 260 g/mol. The van der Waals surface area contributed by atoms with Crippen LogP contribution in [0.15, 0.2) is 40.4 Å². The summed E-state index contributed by atoms with van der Waals surface area (Å²) in [6, 6.07) is 8.97. The van der Waals surface area contributed by atoms with Crippen LogP contribution in [0.4, 0.5) is 0 Å². The van der Waals surface area contributed by atoms with Gasteiger partial charge in [0.2, 0.25) is 0 Å². The molecule has 0 amide bonds. The quantitative estimate of drug-likeness (QED) is 0.644. The van der Waals surface area contributed by atoms with Gasteiger partial charge in [-0.1, -0.05) is 46.6 Å². The van der Waals surface area contributed by atoms with Crippen molar-refractivity contribution in [3.05, 3.63) is 46.0 Å². The van der Waals surface area contributed by atoms with Crippen molar-refractivity contribution < 1.29 is 0 Å². The minimum absolute atomic E-state index is 0.438. The van der Waals surface area contributed by atoms with Crippen LogP contribution in [-0.4, -0.2) is 0 Å². The third-order valence-electron chi connectivity index (χ3n) is 4.15. The molecular formula is C15H17Br. The van der Waals surface area contributed by atoms with Crippen LogP contribution in [0.3, 0.4) is 0 Å². The molecule has 0 nitrogen and oxygen atoms in total. The van der Waals surface area contributed by atoms with Crippen LogP contribution in [0.25, 0.3) is 0 Å². The lowest BCUT2D eigenvalue weighted by Gasteiger charge is -2.37. The number of hydrogen-bond acceptors (Lipinski definition) is 0. The first-order valence-electron chi connectivity index (χ1n) is 6.12. The van der Waals surface area contributed by atoms with Gasteiger partial charge < -0.3 is 0 Å². The molecule has 1 aromatic rings. The summed E-state index contributed by atoms with van der Waals surface area (Å²) < 4.78 is 1.18. The van der Waals surface area contributed by atoms with Crippen LogP contribution in [0, 0.1) is 5.92 Å². The average Bonchev–Trinajstić information content (AvgIpc) is 2.56. The molecule has 0 radical (unpaired) electrons. The Balaban J connectivity index is 1.97. The standard InChI is InChI=1S/C15H17Br/c1-11-8-12-6-7-15(9-11,10-12)13-2-4-14(16)5-3-13/h2-6,11H,7-10H2,1H3. The maximum Gasteiger partial charge on any atom is 0.0175 e. The SMILES string of the molecule is CC1CC2=CCC(c3ccc(Br)cc3)(C2)C1. The first kappa shape index (κ1) is 10.6. The molecule has 16 heavy (non-hydrogen) atoms. The zero-order valence-electron chi connectivity index (χ0n) is 9.67. The summed E-state index contributed by atoms with van der Waals surface area (Å²) in [7, 11) is 0. The highest BCUT2D eigenvalue weighted by atomic mass is 79.9. The fraction of sp³-hybridized carbons (Fsp3) is 0.467. The molecule has 1 fully saturated rings. The fourth-order valence-corrected chi connectivity index (χ4v) is 3.82. The van der Waals surface area contributed by atoms with Crippen LogP contribution < -0.4 is 0 Å². The maximum atomic E-state index is 3.52. The summed E-state index contributed by atoms with van der Waals surface area (Å²) in [6.45, 7) is 2.39. The van der Waals surface area contributed by atoms with Crippen LogP contribution in [0.1, 0.15) is 38.2 Å². The Morgan fingerprint density at radius 2 is 2.00 bits per heavy atom. The molecule has 2 bridgehead atoms. The zero-order chi connectivity index (χ0) is 11.2. The lowest BCUT2D eigenvalue weighted by Crippen LogP contribution is -2.29. The van der Waals surface area contributed by atoms with Crippen LogP contribution in [-0.2, 0) is 5.41 Å². The van der Waals surface area contributed by atoms with E-state index >= 15 is 0 Å². The molecule has 0 saturated heterocycles. The highest BCUT2D eigenvalue weighted by Crippen LogP contribution is 2.51. The number of halogens is 1. The van der Waals surface area contributed by atoms with Crippen LogP contribution in [0.2, 0.25) is 0 Å². The summed E-state index contributed by atoms with van der Waals surface area (Å²) in [5.41, 5.74) is 3.67. The van der Waals surface area contributed by atoms with Crippen molar-refractivity contribution in [2.45, 2.75) is 38.0 Å². The van der Waals surface area contributed by atoms with E-state index in [4.69, 9.17) is 0 Å². The van der Waals surface area contributed by atoms with Gasteiger partial charge in [0.1, 0.15) is 0 Å². The molecule has 0 aromatic heterocycles. The lowest BCUT2D eigenvalue weighted by molar-refractivity contribution is 0.304. The third-order valence-corrected chi connectivity index (χ3v) is 4.68. The summed E-state index contributed by atoms with van der Waals surface area (Å²) in [4.78, 5) is 0. The zero-order valence-corrected chi connectivity index (χ0v) is 11.3. The number of allylic oxidation sites excluding steroid dienone is 2. The predicted octanol–water partition coefficient (Wildman–Crippen LogP) is 4.84. The molecule has 1 aromatic carbocycles. The molecule has 3 rings (SSSR count). The predicted molar refractivity (Wildman–Crippen MR) is 71.5 cm³/mol. The van der Waals surface area contributed by atoms with Gasteiger partial charge in [0.25, 0.3) is 0 Å². The van der Waals surface area contributed by atoms with Crippen molar-refractivity contribution in [3.63, 3.8) is 0 Å². The molecule has 0 spiro atoms. The van der Waals surface area contributed by atoms with E-state index in [1.807, 2.05) is 0 Å². The number of rotatable bonds is 1. The Kier molecular flexibility index (Phi) is 2.47. The first-order valence-corrected chi connectivity index (χ1v) is 6.91. The van der Waals surface area contributed by atoms with Crippen molar-refractivity contribution in [2.75, 3.05) is 0 Å². The monoisotopic (exact) mass is 276 g/mol. The maximum absolute atomic E-state index is 3.52. The molecule has 1 heteroatoms. The molecule has 0 N–H and O–H groups in total. The molecule has 2 aliphatic rings. The second-order valence-corrected chi connectivity index (χ2v) is 6.46. The normalized spacial score (nSPS) is 32.6. The van der Waals surface area contributed by atoms with Crippen molar-refractivity contribution in [3.8, 4) is 0 Å². The second-order valence-electron chi connectivity index (χ2n) is 5.54. The van der Waals surface area contributed by atoms with Gasteiger partial charge >= 0.3 is 0 Å². The Labute approximate surface area is 106 Å². The average molecular weight is 277 g/mol. The van der Waals surface area contributed by atoms with Crippen molar-refractivity contribution in [1.82, 2.24) is 0 Å². The summed E-state index contributed by atoms with van der Waals surface area (Å²) in [6.07, 6.45) is 7.74. The second kappa shape index (κ2) is 3.73. The molecule has 2 atom stereocenters. The number of fused-ring (bicyclic) bond motifs is 2. The minimum atomic E-state index is 0.438. The Hall–Kier alpha value is -0.560. The van der Waals surface area contributed by atoms with E-state index in [0.29, 0.717) is 5.41 Å². The first-order chi connectivity index (χ1) is 7.68. The third kappa shape index (κ3) is 1.66. The number of hydrogen-bond donors (Lipinski definition) is 0. The van der Waals surface area contributed by atoms with E-state index in [0.717, 1.165) is 5.92 Å². The minimum Gasteiger partial charge on any atom is -0.0844 e. The van der Waals surface area contributed by atoms with Crippen molar-refractivity contribution >= 4 is 15.9 Å². The van der Waals surface area contributed by atoms with Gasteiger partial charge in [-0.15, -0.1) is 0 Å².